The fourth-order valence-corrected chi connectivity index (χ4v) is 9.86. The van der Waals surface area contributed by atoms with Gasteiger partial charge in [0.15, 0.2) is 6.10 Å². The van der Waals surface area contributed by atoms with Crippen LogP contribution in [0.2, 0.25) is 0 Å². The molecule has 0 saturated heterocycles. The average Bonchev–Trinajstić information content (AvgIpc) is 3.35. The van der Waals surface area contributed by atoms with Gasteiger partial charge in [-0.2, -0.15) is 0 Å². The minimum Gasteiger partial charge on any atom is -0.462 e. The van der Waals surface area contributed by atoms with Gasteiger partial charge in [-0.1, -0.05) is 329 Å². The van der Waals surface area contributed by atoms with Crippen molar-refractivity contribution in [1.82, 2.24) is 0 Å². The highest BCUT2D eigenvalue weighted by Gasteiger charge is 2.19. The van der Waals surface area contributed by atoms with Crippen LogP contribution in [0.3, 0.4) is 0 Å². The lowest BCUT2D eigenvalue weighted by Gasteiger charge is -2.18. The highest BCUT2D eigenvalue weighted by molar-refractivity contribution is 5.71. The van der Waals surface area contributed by atoms with Crippen LogP contribution in [0, 0.1) is 0 Å². The molecule has 6 nitrogen and oxygen atoms in total. The van der Waals surface area contributed by atoms with Crippen LogP contribution in [-0.2, 0) is 28.6 Å². The van der Waals surface area contributed by atoms with Gasteiger partial charge < -0.3 is 14.2 Å². The molecule has 0 aliphatic heterocycles. The van der Waals surface area contributed by atoms with E-state index in [1.807, 2.05) is 0 Å². The second-order valence-electron chi connectivity index (χ2n) is 21.7. The molecule has 0 aromatic rings. The third-order valence-corrected chi connectivity index (χ3v) is 14.6. The summed E-state index contributed by atoms with van der Waals surface area (Å²) in [5, 5.41) is 0. The van der Waals surface area contributed by atoms with Crippen LogP contribution in [0.1, 0.15) is 367 Å². The van der Waals surface area contributed by atoms with Gasteiger partial charge in [0.1, 0.15) is 13.2 Å². The molecule has 0 bridgehead atoms. The molecule has 0 aromatic heterocycles. The molecule has 0 saturated carbocycles. The number of rotatable bonds is 59. The second-order valence-corrected chi connectivity index (χ2v) is 21.7. The van der Waals surface area contributed by atoms with E-state index >= 15 is 0 Å². The van der Waals surface area contributed by atoms with Crippen molar-refractivity contribution < 1.29 is 28.6 Å². The zero-order valence-corrected chi connectivity index (χ0v) is 47.1. The number of hydrogen-bond acceptors (Lipinski definition) is 6. The lowest BCUT2D eigenvalue weighted by atomic mass is 10.0. The molecular formula is C63H122O6. The summed E-state index contributed by atoms with van der Waals surface area (Å²) in [5.41, 5.74) is 0. The molecule has 0 spiro atoms. The van der Waals surface area contributed by atoms with Crippen molar-refractivity contribution in [3.8, 4) is 0 Å². The number of carbonyl (C=O) groups excluding carboxylic acids is 3. The third-order valence-electron chi connectivity index (χ3n) is 14.6. The monoisotopic (exact) mass is 975 g/mol. The molecule has 0 aliphatic rings. The maximum Gasteiger partial charge on any atom is 0.306 e. The van der Waals surface area contributed by atoms with Gasteiger partial charge in [0, 0.05) is 19.3 Å². The quantitative estimate of drug-likeness (QED) is 0.0343. The van der Waals surface area contributed by atoms with Crippen molar-refractivity contribution in [2.45, 2.75) is 374 Å². The van der Waals surface area contributed by atoms with Crippen LogP contribution in [0.25, 0.3) is 0 Å². The molecule has 0 heterocycles. The second kappa shape index (κ2) is 59.0. The maximum absolute atomic E-state index is 12.9. The minimum atomic E-state index is -0.762. The molecule has 0 N–H and O–H groups in total. The summed E-state index contributed by atoms with van der Waals surface area (Å²) in [6.45, 7) is 6.73. The molecule has 0 fully saturated rings. The molecule has 0 unspecified atom stereocenters. The highest BCUT2D eigenvalue weighted by atomic mass is 16.6. The van der Waals surface area contributed by atoms with Crippen LogP contribution in [0.4, 0.5) is 0 Å². The van der Waals surface area contributed by atoms with Gasteiger partial charge in [0.2, 0.25) is 0 Å². The first-order valence-electron chi connectivity index (χ1n) is 31.5. The molecule has 0 aromatic carbocycles. The van der Waals surface area contributed by atoms with Gasteiger partial charge in [-0.25, -0.2) is 0 Å². The largest absolute Gasteiger partial charge is 0.462 e. The SMILES string of the molecule is CCCCCCCCCCCCCCCCCCCCC(=O)OC[C@@H](COC(=O)CCCCCCCCCCCCCCCCCCC)OC(=O)CCCCCCCCCCCCCCCCCC. The first-order chi connectivity index (χ1) is 34.0. The smallest absolute Gasteiger partial charge is 0.306 e. The number of hydrogen-bond donors (Lipinski definition) is 0. The lowest BCUT2D eigenvalue weighted by molar-refractivity contribution is -0.167. The Labute approximate surface area is 431 Å². The molecule has 1 atom stereocenters. The van der Waals surface area contributed by atoms with Crippen molar-refractivity contribution >= 4 is 17.9 Å². The molecule has 0 radical (unpaired) electrons. The first-order valence-corrected chi connectivity index (χ1v) is 31.5. The molecule has 6 heteroatoms. The Hall–Kier alpha value is -1.59. The van der Waals surface area contributed by atoms with E-state index in [1.165, 1.54) is 270 Å². The van der Waals surface area contributed by atoms with E-state index in [9.17, 15) is 14.4 Å². The molecule has 0 rings (SSSR count). The Bertz CT molecular complexity index is 1030. The van der Waals surface area contributed by atoms with E-state index in [1.54, 1.807) is 0 Å². The number of ether oxygens (including phenoxy) is 3. The minimum absolute atomic E-state index is 0.0605. The molecular weight excluding hydrogens is 853 g/mol. The van der Waals surface area contributed by atoms with Gasteiger partial charge in [-0.15, -0.1) is 0 Å². The van der Waals surface area contributed by atoms with Gasteiger partial charge in [-0.05, 0) is 19.3 Å². The van der Waals surface area contributed by atoms with Crippen molar-refractivity contribution in [3.05, 3.63) is 0 Å². The van der Waals surface area contributed by atoms with Crippen molar-refractivity contribution in [1.29, 1.82) is 0 Å². The van der Waals surface area contributed by atoms with Crippen LogP contribution in [0.5, 0.6) is 0 Å². The van der Waals surface area contributed by atoms with E-state index in [2.05, 4.69) is 20.8 Å². The summed E-state index contributed by atoms with van der Waals surface area (Å²) < 4.78 is 17.0. The summed E-state index contributed by atoms with van der Waals surface area (Å²) in [6, 6.07) is 0. The Balaban J connectivity index is 4.28. The first kappa shape index (κ1) is 67.4. The van der Waals surface area contributed by atoms with Crippen molar-refractivity contribution in [2.75, 3.05) is 13.2 Å². The third kappa shape index (κ3) is 57.2. The summed E-state index contributed by atoms with van der Waals surface area (Å²) in [4.78, 5) is 38.3. The van der Waals surface area contributed by atoms with Crippen LogP contribution in [-0.4, -0.2) is 37.2 Å². The van der Waals surface area contributed by atoms with Crippen molar-refractivity contribution in [2.24, 2.45) is 0 Å². The Morgan fingerprint density at radius 3 is 0.580 bits per heavy atom. The maximum atomic E-state index is 12.9. The van der Waals surface area contributed by atoms with E-state index in [0.717, 1.165) is 57.8 Å². The highest BCUT2D eigenvalue weighted by Crippen LogP contribution is 2.18. The lowest BCUT2D eigenvalue weighted by Crippen LogP contribution is -2.30. The molecule has 0 amide bonds. The molecule has 0 aliphatic carbocycles. The van der Waals surface area contributed by atoms with E-state index in [0.29, 0.717) is 19.3 Å². The summed E-state index contributed by atoms with van der Waals surface area (Å²) in [7, 11) is 0. The standard InChI is InChI=1S/C63H122O6/c1-4-7-10-13-16-19-22-25-28-31-33-36-38-41-44-47-50-53-56-62(65)68-59-60(69-63(66)57-54-51-48-45-42-39-34-30-27-24-21-18-15-12-9-6-3)58-67-61(64)55-52-49-46-43-40-37-35-32-29-26-23-20-17-14-11-8-5-2/h60H,4-59H2,1-3H3/t60-/m1/s1. The van der Waals surface area contributed by atoms with Gasteiger partial charge in [0.05, 0.1) is 0 Å². The van der Waals surface area contributed by atoms with Gasteiger partial charge in [0.25, 0.3) is 0 Å². The zero-order chi connectivity index (χ0) is 50.0. The topological polar surface area (TPSA) is 78.9 Å². The number of esters is 3. The Morgan fingerprint density at radius 1 is 0.232 bits per heavy atom. The van der Waals surface area contributed by atoms with Crippen molar-refractivity contribution in [3.63, 3.8) is 0 Å². The predicted octanol–water partition coefficient (Wildman–Crippen LogP) is 21.1. The van der Waals surface area contributed by atoms with Crippen LogP contribution >= 0.6 is 0 Å². The average molecular weight is 976 g/mol. The summed E-state index contributed by atoms with van der Waals surface area (Å²) >= 11 is 0. The van der Waals surface area contributed by atoms with E-state index in [4.69, 9.17) is 14.2 Å². The summed E-state index contributed by atoms with van der Waals surface area (Å²) in [6.07, 6.45) is 66.7. The van der Waals surface area contributed by atoms with E-state index < -0.39 is 6.10 Å². The van der Waals surface area contributed by atoms with E-state index in [-0.39, 0.29) is 31.1 Å². The number of unbranched alkanes of at least 4 members (excludes halogenated alkanes) is 48. The Morgan fingerprint density at radius 2 is 0.391 bits per heavy atom. The predicted molar refractivity (Wildman–Crippen MR) is 298 cm³/mol. The van der Waals surface area contributed by atoms with Gasteiger partial charge >= 0.3 is 17.9 Å². The summed E-state index contributed by atoms with van der Waals surface area (Å²) in [5.74, 6) is -0.825. The molecule has 69 heavy (non-hydrogen) atoms. The fourth-order valence-electron chi connectivity index (χ4n) is 9.86. The Kier molecular flexibility index (Phi) is 57.6. The fraction of sp³-hybridized carbons (Fsp3) is 0.952. The van der Waals surface area contributed by atoms with Gasteiger partial charge in [-0.3, -0.25) is 14.4 Å². The molecule has 410 valence electrons. The van der Waals surface area contributed by atoms with Crippen LogP contribution < -0.4 is 0 Å². The normalized spacial score (nSPS) is 11.9. The van der Waals surface area contributed by atoms with Crippen LogP contribution in [0.15, 0.2) is 0 Å². The number of carbonyl (C=O) groups is 3. The zero-order valence-electron chi connectivity index (χ0n) is 47.1.